The molecule has 0 atom stereocenters. The van der Waals surface area contributed by atoms with Gasteiger partial charge in [-0.15, -0.1) is 11.3 Å². The van der Waals surface area contributed by atoms with Crippen molar-refractivity contribution in [3.63, 3.8) is 0 Å². The number of fused-ring (bicyclic) bond motifs is 1. The van der Waals surface area contributed by atoms with Crippen molar-refractivity contribution < 1.29 is 9.53 Å². The van der Waals surface area contributed by atoms with Crippen molar-refractivity contribution in [1.29, 1.82) is 0 Å². The molecule has 0 radical (unpaired) electrons. The van der Waals surface area contributed by atoms with Crippen molar-refractivity contribution in [1.82, 2.24) is 9.55 Å². The van der Waals surface area contributed by atoms with Gasteiger partial charge in [0, 0.05) is 6.54 Å². The molecule has 0 unspecified atom stereocenters. The third-order valence-corrected chi connectivity index (χ3v) is 4.35. The van der Waals surface area contributed by atoms with Crippen LogP contribution in [0.4, 0.5) is 0 Å². The van der Waals surface area contributed by atoms with E-state index >= 15 is 0 Å². The summed E-state index contributed by atoms with van der Waals surface area (Å²) in [4.78, 5) is 28.9. The van der Waals surface area contributed by atoms with Gasteiger partial charge < -0.3 is 4.74 Å². The molecular formula is C17H16N2O3S. The molecule has 1 aromatic carbocycles. The lowest BCUT2D eigenvalue weighted by molar-refractivity contribution is -0.145. The molecule has 6 heteroatoms. The first-order valence-electron chi connectivity index (χ1n) is 7.27. The first kappa shape index (κ1) is 15.4. The highest BCUT2D eigenvalue weighted by Gasteiger charge is 2.08. The van der Waals surface area contributed by atoms with Gasteiger partial charge in [0.1, 0.15) is 11.4 Å². The van der Waals surface area contributed by atoms with Crippen molar-refractivity contribution in [3.05, 3.63) is 63.5 Å². The Bertz CT molecular complexity index is 881. The monoisotopic (exact) mass is 328 g/mol. The Morgan fingerprint density at radius 3 is 2.83 bits per heavy atom. The number of benzene rings is 1. The van der Waals surface area contributed by atoms with Gasteiger partial charge in [-0.3, -0.25) is 14.2 Å². The van der Waals surface area contributed by atoms with E-state index in [9.17, 15) is 9.59 Å². The number of ether oxygens (including phenoxy) is 1. The number of rotatable bonds is 5. The highest BCUT2D eigenvalue weighted by atomic mass is 32.1. The lowest BCUT2D eigenvalue weighted by Gasteiger charge is -2.07. The summed E-state index contributed by atoms with van der Waals surface area (Å²) in [6, 6.07) is 9.57. The van der Waals surface area contributed by atoms with Crippen LogP contribution in [-0.2, 0) is 22.7 Å². The second-order valence-electron chi connectivity index (χ2n) is 5.28. The van der Waals surface area contributed by atoms with Crippen molar-refractivity contribution >= 4 is 27.5 Å². The highest BCUT2D eigenvalue weighted by Crippen LogP contribution is 2.13. The highest BCUT2D eigenvalue weighted by molar-refractivity contribution is 7.16. The molecule has 0 amide bonds. The number of aromatic nitrogens is 2. The predicted molar refractivity (Wildman–Crippen MR) is 89.5 cm³/mol. The van der Waals surface area contributed by atoms with Crippen LogP contribution >= 0.6 is 11.3 Å². The largest absolute Gasteiger partial charge is 0.461 e. The van der Waals surface area contributed by atoms with Gasteiger partial charge in [0.15, 0.2) is 0 Å². The molecule has 0 saturated heterocycles. The van der Waals surface area contributed by atoms with Gasteiger partial charge in [-0.2, -0.15) is 0 Å². The van der Waals surface area contributed by atoms with Gasteiger partial charge in [0.05, 0.1) is 18.1 Å². The van der Waals surface area contributed by atoms with Gasteiger partial charge in [0.25, 0.3) is 5.56 Å². The van der Waals surface area contributed by atoms with Crippen LogP contribution < -0.4 is 5.56 Å². The molecule has 2 heterocycles. The molecule has 2 aromatic heterocycles. The number of carbonyl (C=O) groups excluding carboxylic acids is 1. The Labute approximate surface area is 137 Å². The maximum atomic E-state index is 12.2. The second-order valence-corrected chi connectivity index (χ2v) is 6.17. The zero-order valence-corrected chi connectivity index (χ0v) is 13.5. The topological polar surface area (TPSA) is 61.2 Å². The van der Waals surface area contributed by atoms with Gasteiger partial charge in [0.2, 0.25) is 0 Å². The fourth-order valence-electron chi connectivity index (χ4n) is 2.18. The van der Waals surface area contributed by atoms with Crippen molar-refractivity contribution in [3.8, 4) is 0 Å². The number of esters is 1. The standard InChI is InChI=1S/C17H16N2O3S/c1-12-2-4-13(5-3-12)10-22-15(20)6-8-19-11-18-16-14(17(19)21)7-9-23-16/h2-5,7,9,11H,6,8,10H2,1H3. The summed E-state index contributed by atoms with van der Waals surface area (Å²) in [5.74, 6) is -0.331. The van der Waals surface area contributed by atoms with Crippen LogP contribution in [0.1, 0.15) is 17.5 Å². The number of carbonyl (C=O) groups is 1. The average Bonchev–Trinajstić information content (AvgIpc) is 3.03. The van der Waals surface area contributed by atoms with E-state index in [1.165, 1.54) is 22.2 Å². The normalized spacial score (nSPS) is 10.8. The minimum Gasteiger partial charge on any atom is -0.461 e. The summed E-state index contributed by atoms with van der Waals surface area (Å²) in [6.07, 6.45) is 1.62. The van der Waals surface area contributed by atoms with Crippen molar-refractivity contribution in [2.75, 3.05) is 0 Å². The minimum absolute atomic E-state index is 0.123. The summed E-state index contributed by atoms with van der Waals surface area (Å²) in [6.45, 7) is 2.52. The lowest BCUT2D eigenvalue weighted by Crippen LogP contribution is -2.21. The van der Waals surface area contributed by atoms with E-state index < -0.39 is 0 Å². The SMILES string of the molecule is Cc1ccc(COC(=O)CCn2cnc3sccc3c2=O)cc1. The van der Waals surface area contributed by atoms with Crippen LogP contribution in [0.2, 0.25) is 0 Å². The van der Waals surface area contributed by atoms with Crippen LogP contribution in [0.3, 0.4) is 0 Å². The van der Waals surface area contributed by atoms with Gasteiger partial charge >= 0.3 is 5.97 Å². The molecule has 3 rings (SSSR count). The number of thiophene rings is 1. The molecule has 5 nitrogen and oxygen atoms in total. The van der Waals surface area contributed by atoms with E-state index in [4.69, 9.17) is 4.74 Å². The third kappa shape index (κ3) is 3.65. The van der Waals surface area contributed by atoms with Gasteiger partial charge in [-0.25, -0.2) is 4.98 Å². The molecule has 3 aromatic rings. The maximum Gasteiger partial charge on any atom is 0.307 e. The molecule has 118 valence electrons. The van der Waals surface area contributed by atoms with Crippen molar-refractivity contribution in [2.45, 2.75) is 26.5 Å². The van der Waals surface area contributed by atoms with Crippen LogP contribution in [0.5, 0.6) is 0 Å². The number of hydrogen-bond acceptors (Lipinski definition) is 5. The summed E-state index contributed by atoms with van der Waals surface area (Å²) in [5, 5.41) is 2.42. The average molecular weight is 328 g/mol. The van der Waals surface area contributed by atoms with E-state index in [1.54, 1.807) is 6.07 Å². The number of nitrogens with zero attached hydrogens (tertiary/aromatic N) is 2. The summed E-state index contributed by atoms with van der Waals surface area (Å²) in [7, 11) is 0. The molecule has 0 aliphatic rings. The Hall–Kier alpha value is -2.47. The molecule has 0 fully saturated rings. The first-order valence-corrected chi connectivity index (χ1v) is 8.15. The number of hydrogen-bond donors (Lipinski definition) is 0. The molecule has 0 bridgehead atoms. The van der Waals surface area contributed by atoms with Crippen LogP contribution in [0.25, 0.3) is 10.2 Å². The van der Waals surface area contributed by atoms with E-state index in [0.29, 0.717) is 10.2 Å². The number of aryl methyl sites for hydroxylation is 2. The summed E-state index contributed by atoms with van der Waals surface area (Å²) >= 11 is 1.43. The van der Waals surface area contributed by atoms with E-state index in [1.807, 2.05) is 36.6 Å². The summed E-state index contributed by atoms with van der Waals surface area (Å²) < 4.78 is 6.68. The fraction of sp³-hybridized carbons (Fsp3) is 0.235. The zero-order valence-electron chi connectivity index (χ0n) is 12.7. The smallest absolute Gasteiger partial charge is 0.307 e. The fourth-order valence-corrected chi connectivity index (χ4v) is 2.91. The quantitative estimate of drug-likeness (QED) is 0.676. The molecule has 23 heavy (non-hydrogen) atoms. The molecule has 0 saturated carbocycles. The second kappa shape index (κ2) is 6.75. The molecular weight excluding hydrogens is 312 g/mol. The van der Waals surface area contributed by atoms with Crippen LogP contribution in [0.15, 0.2) is 46.8 Å². The zero-order chi connectivity index (χ0) is 16.2. The Balaban J connectivity index is 1.56. The van der Waals surface area contributed by atoms with Crippen molar-refractivity contribution in [2.24, 2.45) is 0 Å². The maximum absolute atomic E-state index is 12.2. The van der Waals surface area contributed by atoms with Gasteiger partial charge in [-0.05, 0) is 23.9 Å². The summed E-state index contributed by atoms with van der Waals surface area (Å²) in [5.41, 5.74) is 1.99. The molecule has 0 aliphatic heterocycles. The Morgan fingerprint density at radius 2 is 2.04 bits per heavy atom. The van der Waals surface area contributed by atoms with E-state index in [2.05, 4.69) is 4.98 Å². The van der Waals surface area contributed by atoms with Gasteiger partial charge in [-0.1, -0.05) is 29.8 Å². The van der Waals surface area contributed by atoms with E-state index in [0.717, 1.165) is 11.1 Å². The first-order chi connectivity index (χ1) is 11.1. The van der Waals surface area contributed by atoms with Crippen LogP contribution in [0, 0.1) is 6.92 Å². The van der Waals surface area contributed by atoms with E-state index in [-0.39, 0.29) is 31.1 Å². The third-order valence-electron chi connectivity index (χ3n) is 3.53. The van der Waals surface area contributed by atoms with Crippen LogP contribution in [-0.4, -0.2) is 15.5 Å². The molecule has 0 N–H and O–H groups in total. The molecule has 0 aliphatic carbocycles. The minimum atomic E-state index is -0.331. The molecule has 0 spiro atoms. The predicted octanol–water partition coefficient (Wildman–Crippen LogP) is 2.90. The Kier molecular flexibility index (Phi) is 4.52. The lowest BCUT2D eigenvalue weighted by atomic mass is 10.2. The Morgan fingerprint density at radius 1 is 1.26 bits per heavy atom.